The summed E-state index contributed by atoms with van der Waals surface area (Å²) in [4.78, 5) is 7.09. The van der Waals surface area contributed by atoms with Gasteiger partial charge in [0.25, 0.3) is 0 Å². The van der Waals surface area contributed by atoms with Crippen LogP contribution in [0.5, 0.6) is 0 Å². The first-order valence-electron chi connectivity index (χ1n) is 9.68. The molecule has 1 fully saturated rings. The molecule has 5 rings (SSSR count). The van der Waals surface area contributed by atoms with E-state index in [4.69, 9.17) is 9.72 Å². The van der Waals surface area contributed by atoms with Gasteiger partial charge >= 0.3 is 0 Å². The number of hydrogen-bond donors (Lipinski definition) is 2. The number of aromatic nitrogens is 3. The van der Waals surface area contributed by atoms with Gasteiger partial charge in [-0.1, -0.05) is 28.1 Å². The lowest BCUT2D eigenvalue weighted by atomic mass is 10.1. The molecular weight excluding hydrogens is 444 g/mol. The van der Waals surface area contributed by atoms with Crippen LogP contribution in [0.15, 0.2) is 59.2 Å². The summed E-state index contributed by atoms with van der Waals surface area (Å²) in [5.41, 5.74) is 4.98. The molecule has 8 heteroatoms. The monoisotopic (exact) mass is 462 g/mol. The van der Waals surface area contributed by atoms with Gasteiger partial charge in [-0.15, -0.1) is 0 Å². The van der Waals surface area contributed by atoms with Crippen molar-refractivity contribution in [3.05, 3.63) is 64.8 Å². The molecule has 0 spiro atoms. The molecule has 2 aromatic carbocycles. The summed E-state index contributed by atoms with van der Waals surface area (Å²) in [5, 5.41) is 16.0. The lowest BCUT2D eigenvalue weighted by Gasteiger charge is -2.28. The number of morpholine rings is 1. The predicted molar refractivity (Wildman–Crippen MR) is 120 cm³/mol. The fraction of sp³-hybridized carbons (Fsp3) is 0.182. The molecule has 150 valence electrons. The smallest absolute Gasteiger partial charge is 0.173 e. The number of halogens is 1. The molecular formula is C22H19BrN6O. The number of anilines is 3. The predicted octanol–water partition coefficient (Wildman–Crippen LogP) is 4.54. The third-order valence-corrected chi connectivity index (χ3v) is 5.73. The molecule has 0 radical (unpaired) electrons. The second kappa shape index (κ2) is 7.86. The average molecular weight is 463 g/mol. The summed E-state index contributed by atoms with van der Waals surface area (Å²) in [6, 6.07) is 18.5. The minimum atomic E-state index is 0.505. The van der Waals surface area contributed by atoms with Gasteiger partial charge in [-0.3, -0.25) is 5.10 Å². The Bertz CT molecular complexity index is 1210. The van der Waals surface area contributed by atoms with Crippen LogP contribution in [0.3, 0.4) is 0 Å². The Morgan fingerprint density at radius 3 is 2.50 bits per heavy atom. The molecule has 0 unspecified atom stereocenters. The minimum Gasteiger partial charge on any atom is -0.378 e. The largest absolute Gasteiger partial charge is 0.378 e. The van der Waals surface area contributed by atoms with Gasteiger partial charge in [-0.2, -0.15) is 5.26 Å². The van der Waals surface area contributed by atoms with E-state index >= 15 is 0 Å². The number of H-pyrrole nitrogens is 1. The third kappa shape index (κ3) is 3.43. The van der Waals surface area contributed by atoms with Gasteiger partial charge in [0.1, 0.15) is 17.3 Å². The van der Waals surface area contributed by atoms with Crippen molar-refractivity contribution in [1.82, 2.24) is 14.6 Å². The topological polar surface area (TPSA) is 81.4 Å². The number of benzene rings is 2. The molecule has 0 atom stereocenters. The van der Waals surface area contributed by atoms with Crippen LogP contribution in [-0.4, -0.2) is 40.9 Å². The van der Waals surface area contributed by atoms with Gasteiger partial charge in [0.2, 0.25) is 0 Å². The molecule has 0 bridgehead atoms. The van der Waals surface area contributed by atoms with Crippen molar-refractivity contribution < 1.29 is 4.74 Å². The highest BCUT2D eigenvalue weighted by molar-refractivity contribution is 9.10. The molecule has 0 saturated carbocycles. The molecule has 2 aromatic heterocycles. The van der Waals surface area contributed by atoms with Crippen molar-refractivity contribution in [1.29, 1.82) is 5.26 Å². The van der Waals surface area contributed by atoms with Crippen LogP contribution >= 0.6 is 15.9 Å². The molecule has 0 aliphatic carbocycles. The van der Waals surface area contributed by atoms with Crippen molar-refractivity contribution >= 4 is 38.8 Å². The summed E-state index contributed by atoms with van der Waals surface area (Å²) in [6.45, 7) is 3.31. The maximum atomic E-state index is 9.43. The molecule has 7 nitrogen and oxygen atoms in total. The molecule has 30 heavy (non-hydrogen) atoms. The van der Waals surface area contributed by atoms with Crippen molar-refractivity contribution in [2.45, 2.75) is 0 Å². The fourth-order valence-corrected chi connectivity index (χ4v) is 3.91. The second-order valence-corrected chi connectivity index (χ2v) is 7.96. The van der Waals surface area contributed by atoms with E-state index in [0.717, 1.165) is 53.5 Å². The van der Waals surface area contributed by atoms with Crippen LogP contribution in [0.4, 0.5) is 17.2 Å². The first-order valence-corrected chi connectivity index (χ1v) is 10.5. The van der Waals surface area contributed by atoms with Gasteiger partial charge in [0, 0.05) is 40.7 Å². The zero-order valence-electron chi connectivity index (χ0n) is 16.1. The van der Waals surface area contributed by atoms with Crippen LogP contribution < -0.4 is 10.2 Å². The zero-order valence-corrected chi connectivity index (χ0v) is 17.7. The van der Waals surface area contributed by atoms with E-state index in [2.05, 4.69) is 61.6 Å². The molecule has 1 aliphatic rings. The fourth-order valence-electron chi connectivity index (χ4n) is 3.64. The summed E-state index contributed by atoms with van der Waals surface area (Å²) in [6.07, 6.45) is 1.67. The molecule has 4 aromatic rings. The summed E-state index contributed by atoms with van der Waals surface area (Å²) in [7, 11) is 0. The van der Waals surface area contributed by atoms with Gasteiger partial charge in [0.15, 0.2) is 11.5 Å². The first kappa shape index (κ1) is 18.7. The van der Waals surface area contributed by atoms with E-state index in [9.17, 15) is 5.26 Å². The highest BCUT2D eigenvalue weighted by Crippen LogP contribution is 2.33. The lowest BCUT2D eigenvalue weighted by Crippen LogP contribution is -2.36. The van der Waals surface area contributed by atoms with Crippen LogP contribution in [-0.2, 0) is 4.74 Å². The molecule has 1 aliphatic heterocycles. The molecule has 0 amide bonds. The van der Waals surface area contributed by atoms with E-state index in [1.165, 1.54) is 5.69 Å². The Hall–Kier alpha value is -3.28. The maximum absolute atomic E-state index is 9.43. The quantitative estimate of drug-likeness (QED) is 0.465. The van der Waals surface area contributed by atoms with Crippen molar-refractivity contribution in [2.24, 2.45) is 0 Å². The van der Waals surface area contributed by atoms with Crippen molar-refractivity contribution in [3.8, 4) is 17.3 Å². The highest BCUT2D eigenvalue weighted by Gasteiger charge is 2.19. The lowest BCUT2D eigenvalue weighted by molar-refractivity contribution is 0.122. The van der Waals surface area contributed by atoms with E-state index in [-0.39, 0.29) is 0 Å². The zero-order chi connectivity index (χ0) is 20.5. The Balaban J connectivity index is 1.55. The van der Waals surface area contributed by atoms with E-state index in [0.29, 0.717) is 11.2 Å². The molecule has 2 N–H and O–H groups in total. The summed E-state index contributed by atoms with van der Waals surface area (Å²) >= 11 is 3.47. The Morgan fingerprint density at radius 1 is 1.07 bits per heavy atom. The number of nitrogens with zero attached hydrogens (tertiary/aromatic N) is 4. The maximum Gasteiger partial charge on any atom is 0.173 e. The van der Waals surface area contributed by atoms with Crippen LogP contribution in [0, 0.1) is 11.3 Å². The normalized spacial score (nSPS) is 14.1. The Kier molecular flexibility index (Phi) is 4.91. The highest BCUT2D eigenvalue weighted by atomic mass is 79.9. The molecule has 3 heterocycles. The van der Waals surface area contributed by atoms with Gasteiger partial charge in [-0.25, -0.2) is 9.50 Å². The number of nitriles is 1. The van der Waals surface area contributed by atoms with Crippen LogP contribution in [0.25, 0.3) is 16.9 Å². The summed E-state index contributed by atoms with van der Waals surface area (Å²) < 4.78 is 8.27. The minimum absolute atomic E-state index is 0.505. The molecule has 1 saturated heterocycles. The second-order valence-electron chi connectivity index (χ2n) is 7.05. The standard InChI is InChI=1S/C22H19BrN6O/c23-17-3-5-18(6-4-17)26-22-20(27-21-16(13-24)14-25-29(21)22)15-1-7-19(8-2-15)28-9-11-30-12-10-28/h1-8,14,25-26H,9-12H2. The van der Waals surface area contributed by atoms with Crippen molar-refractivity contribution in [2.75, 3.05) is 36.5 Å². The van der Waals surface area contributed by atoms with Crippen LogP contribution in [0.2, 0.25) is 0 Å². The Labute approximate surface area is 182 Å². The number of hydrogen-bond acceptors (Lipinski definition) is 5. The Morgan fingerprint density at radius 2 is 1.80 bits per heavy atom. The van der Waals surface area contributed by atoms with Crippen molar-refractivity contribution in [3.63, 3.8) is 0 Å². The summed E-state index contributed by atoms with van der Waals surface area (Å²) in [5.74, 6) is 0.785. The van der Waals surface area contributed by atoms with E-state index in [1.54, 1.807) is 6.20 Å². The SMILES string of the molecule is N#Cc1c[nH]n2c(Nc3ccc(Br)cc3)c(-c3ccc(N4CCOCC4)cc3)nc12. The van der Waals surface area contributed by atoms with E-state index < -0.39 is 0 Å². The van der Waals surface area contributed by atoms with Gasteiger partial charge < -0.3 is 15.0 Å². The number of imidazole rings is 1. The van der Waals surface area contributed by atoms with Gasteiger partial charge in [0.05, 0.1) is 13.2 Å². The van der Waals surface area contributed by atoms with Crippen LogP contribution in [0.1, 0.15) is 5.56 Å². The first-order chi connectivity index (χ1) is 14.7. The number of ether oxygens (including phenoxy) is 1. The average Bonchev–Trinajstić information content (AvgIpc) is 3.36. The number of nitrogens with one attached hydrogen (secondary N) is 2. The number of aromatic amines is 1. The van der Waals surface area contributed by atoms with Gasteiger partial charge in [-0.05, 0) is 36.4 Å². The van der Waals surface area contributed by atoms with E-state index in [1.807, 2.05) is 28.8 Å². The number of fused-ring (bicyclic) bond motifs is 1. The third-order valence-electron chi connectivity index (χ3n) is 5.20. The number of rotatable bonds is 4.